The van der Waals surface area contributed by atoms with Crippen molar-refractivity contribution in [3.05, 3.63) is 0 Å². The standard InChI is InChI=1S/C11H24N2O2/c1-9-5-13(6-10(2)15-9)11(3,7-12)8-14-4/h9-10H,5-8,12H2,1-4H3/t9-,10+,11?. The molecule has 1 aliphatic heterocycles. The predicted octanol–water partition coefficient (Wildman–Crippen LogP) is 0.459. The molecule has 0 aromatic heterocycles. The summed E-state index contributed by atoms with van der Waals surface area (Å²) in [6, 6.07) is 0. The van der Waals surface area contributed by atoms with Crippen molar-refractivity contribution in [3.63, 3.8) is 0 Å². The van der Waals surface area contributed by atoms with Crippen LogP contribution in [-0.2, 0) is 9.47 Å². The van der Waals surface area contributed by atoms with Crippen LogP contribution < -0.4 is 5.73 Å². The maximum absolute atomic E-state index is 5.85. The fourth-order valence-electron chi connectivity index (χ4n) is 2.21. The average Bonchev–Trinajstić information content (AvgIpc) is 2.16. The number of methoxy groups -OCH3 is 1. The first-order valence-electron chi connectivity index (χ1n) is 5.61. The van der Waals surface area contributed by atoms with Crippen molar-refractivity contribution in [3.8, 4) is 0 Å². The van der Waals surface area contributed by atoms with E-state index in [9.17, 15) is 0 Å². The van der Waals surface area contributed by atoms with E-state index in [1.807, 2.05) is 0 Å². The van der Waals surface area contributed by atoms with E-state index in [1.165, 1.54) is 0 Å². The zero-order valence-corrected chi connectivity index (χ0v) is 10.3. The van der Waals surface area contributed by atoms with Crippen molar-refractivity contribution in [2.45, 2.75) is 38.5 Å². The number of nitrogens with two attached hydrogens (primary N) is 1. The molecule has 1 heterocycles. The lowest BCUT2D eigenvalue weighted by Gasteiger charge is -2.46. The lowest BCUT2D eigenvalue weighted by atomic mass is 9.99. The molecule has 1 unspecified atom stereocenters. The summed E-state index contributed by atoms with van der Waals surface area (Å²) < 4.78 is 11.0. The molecule has 0 radical (unpaired) electrons. The van der Waals surface area contributed by atoms with E-state index in [4.69, 9.17) is 15.2 Å². The highest BCUT2D eigenvalue weighted by Gasteiger charge is 2.35. The number of ether oxygens (including phenoxy) is 2. The molecule has 90 valence electrons. The maximum Gasteiger partial charge on any atom is 0.0678 e. The fourth-order valence-corrected chi connectivity index (χ4v) is 2.21. The summed E-state index contributed by atoms with van der Waals surface area (Å²) in [5.41, 5.74) is 5.78. The summed E-state index contributed by atoms with van der Waals surface area (Å²) in [7, 11) is 1.72. The van der Waals surface area contributed by atoms with Crippen LogP contribution in [0.1, 0.15) is 20.8 Å². The summed E-state index contributed by atoms with van der Waals surface area (Å²) in [6.07, 6.45) is 0.549. The molecule has 1 aliphatic rings. The number of hydrogen-bond acceptors (Lipinski definition) is 4. The van der Waals surface area contributed by atoms with Crippen molar-refractivity contribution in [2.75, 3.05) is 33.4 Å². The van der Waals surface area contributed by atoms with Crippen LogP contribution >= 0.6 is 0 Å². The minimum Gasteiger partial charge on any atom is -0.383 e. The van der Waals surface area contributed by atoms with Crippen molar-refractivity contribution < 1.29 is 9.47 Å². The molecule has 15 heavy (non-hydrogen) atoms. The van der Waals surface area contributed by atoms with Gasteiger partial charge in [0.15, 0.2) is 0 Å². The summed E-state index contributed by atoms with van der Waals surface area (Å²) >= 11 is 0. The first-order chi connectivity index (χ1) is 7.01. The normalized spacial score (nSPS) is 32.6. The van der Waals surface area contributed by atoms with Gasteiger partial charge in [-0.05, 0) is 20.8 Å². The highest BCUT2D eigenvalue weighted by molar-refractivity contribution is 4.91. The van der Waals surface area contributed by atoms with E-state index in [1.54, 1.807) is 7.11 Å². The number of rotatable bonds is 4. The lowest BCUT2D eigenvalue weighted by molar-refractivity contribution is -0.108. The summed E-state index contributed by atoms with van der Waals surface area (Å²) in [4.78, 5) is 2.38. The van der Waals surface area contributed by atoms with Crippen molar-refractivity contribution >= 4 is 0 Å². The average molecular weight is 216 g/mol. The topological polar surface area (TPSA) is 47.7 Å². The van der Waals surface area contributed by atoms with Crippen molar-refractivity contribution in [1.29, 1.82) is 0 Å². The van der Waals surface area contributed by atoms with E-state index in [-0.39, 0.29) is 17.7 Å². The smallest absolute Gasteiger partial charge is 0.0678 e. The molecule has 0 aromatic rings. The summed E-state index contributed by atoms with van der Waals surface area (Å²) in [5.74, 6) is 0. The molecule has 3 atom stereocenters. The van der Waals surface area contributed by atoms with Gasteiger partial charge in [-0.1, -0.05) is 0 Å². The molecule has 0 amide bonds. The minimum atomic E-state index is -0.0684. The van der Waals surface area contributed by atoms with Crippen molar-refractivity contribution in [2.24, 2.45) is 5.73 Å². The van der Waals surface area contributed by atoms with Gasteiger partial charge in [-0.2, -0.15) is 0 Å². The number of nitrogens with zero attached hydrogens (tertiary/aromatic N) is 1. The van der Waals surface area contributed by atoms with Gasteiger partial charge in [0.2, 0.25) is 0 Å². The molecule has 0 bridgehead atoms. The molecular formula is C11H24N2O2. The Morgan fingerprint density at radius 1 is 1.40 bits per heavy atom. The third kappa shape index (κ3) is 3.14. The van der Waals surface area contributed by atoms with Crippen LogP contribution in [0.4, 0.5) is 0 Å². The largest absolute Gasteiger partial charge is 0.383 e. The molecule has 1 rings (SSSR count). The predicted molar refractivity (Wildman–Crippen MR) is 60.9 cm³/mol. The molecule has 4 nitrogen and oxygen atoms in total. The van der Waals surface area contributed by atoms with Gasteiger partial charge in [0.1, 0.15) is 0 Å². The Bertz CT molecular complexity index is 191. The van der Waals surface area contributed by atoms with E-state index in [0.29, 0.717) is 13.2 Å². The molecule has 0 saturated carbocycles. The van der Waals surface area contributed by atoms with Crippen LogP contribution in [0.15, 0.2) is 0 Å². The van der Waals surface area contributed by atoms with Gasteiger partial charge in [0.25, 0.3) is 0 Å². The maximum atomic E-state index is 5.85. The van der Waals surface area contributed by atoms with Gasteiger partial charge in [0, 0.05) is 26.7 Å². The van der Waals surface area contributed by atoms with Crippen LogP contribution in [0.2, 0.25) is 0 Å². The molecule has 0 aromatic carbocycles. The molecule has 0 spiro atoms. The third-order valence-corrected chi connectivity index (χ3v) is 3.08. The van der Waals surface area contributed by atoms with Crippen LogP contribution in [0.5, 0.6) is 0 Å². The lowest BCUT2D eigenvalue weighted by Crippen LogP contribution is -2.61. The Hall–Kier alpha value is -0.160. The van der Waals surface area contributed by atoms with E-state index in [0.717, 1.165) is 13.1 Å². The molecule has 0 aliphatic carbocycles. The SMILES string of the molecule is COCC(C)(CN)N1C[C@@H](C)O[C@@H](C)C1. The Morgan fingerprint density at radius 2 is 1.93 bits per heavy atom. The zero-order chi connectivity index (χ0) is 11.5. The Balaban J connectivity index is 2.66. The van der Waals surface area contributed by atoms with Gasteiger partial charge in [-0.15, -0.1) is 0 Å². The van der Waals surface area contributed by atoms with Gasteiger partial charge >= 0.3 is 0 Å². The van der Waals surface area contributed by atoms with Gasteiger partial charge in [-0.25, -0.2) is 0 Å². The number of morpholine rings is 1. The fraction of sp³-hybridized carbons (Fsp3) is 1.00. The zero-order valence-electron chi connectivity index (χ0n) is 10.3. The van der Waals surface area contributed by atoms with Crippen LogP contribution in [0.25, 0.3) is 0 Å². The second kappa shape index (κ2) is 5.25. The Labute approximate surface area is 92.7 Å². The van der Waals surface area contributed by atoms with E-state index in [2.05, 4.69) is 25.7 Å². The van der Waals surface area contributed by atoms with Gasteiger partial charge in [0.05, 0.1) is 24.4 Å². The first-order valence-corrected chi connectivity index (χ1v) is 5.61. The van der Waals surface area contributed by atoms with Gasteiger partial charge in [-0.3, -0.25) is 4.90 Å². The summed E-state index contributed by atoms with van der Waals surface area (Å²) in [5, 5.41) is 0. The second-order valence-electron chi connectivity index (χ2n) is 4.80. The molecule has 1 saturated heterocycles. The Morgan fingerprint density at radius 3 is 2.33 bits per heavy atom. The quantitative estimate of drug-likeness (QED) is 0.741. The molecule has 2 N–H and O–H groups in total. The third-order valence-electron chi connectivity index (χ3n) is 3.08. The van der Waals surface area contributed by atoms with Crippen molar-refractivity contribution in [1.82, 2.24) is 4.90 Å². The highest BCUT2D eigenvalue weighted by Crippen LogP contribution is 2.20. The highest BCUT2D eigenvalue weighted by atomic mass is 16.5. The van der Waals surface area contributed by atoms with Crippen LogP contribution in [0.3, 0.4) is 0 Å². The van der Waals surface area contributed by atoms with Crippen LogP contribution in [0, 0.1) is 0 Å². The molecule has 4 heteroatoms. The molecular weight excluding hydrogens is 192 g/mol. The first kappa shape index (κ1) is 12.9. The second-order valence-corrected chi connectivity index (χ2v) is 4.80. The van der Waals surface area contributed by atoms with E-state index >= 15 is 0 Å². The minimum absolute atomic E-state index is 0.0684. The summed E-state index contributed by atoms with van der Waals surface area (Å²) in [6.45, 7) is 9.51. The molecule has 1 fully saturated rings. The monoisotopic (exact) mass is 216 g/mol. The van der Waals surface area contributed by atoms with Crippen LogP contribution in [-0.4, -0.2) is 56.0 Å². The van der Waals surface area contributed by atoms with E-state index < -0.39 is 0 Å². The Kier molecular flexibility index (Phi) is 4.52. The number of hydrogen-bond donors (Lipinski definition) is 1. The van der Waals surface area contributed by atoms with Gasteiger partial charge < -0.3 is 15.2 Å².